The number of nitrogens with zero attached hydrogens (tertiary/aromatic N) is 2. The van der Waals surface area contributed by atoms with Gasteiger partial charge in [-0.1, -0.05) is 0 Å². The van der Waals surface area contributed by atoms with E-state index in [2.05, 4.69) is 25.7 Å². The first kappa shape index (κ1) is 12.1. The van der Waals surface area contributed by atoms with Gasteiger partial charge in [-0.2, -0.15) is 10.1 Å². The Kier molecular flexibility index (Phi) is 3.58. The van der Waals surface area contributed by atoms with Crippen molar-refractivity contribution in [3.05, 3.63) is 28.5 Å². The van der Waals surface area contributed by atoms with Gasteiger partial charge in [0.15, 0.2) is 0 Å². The van der Waals surface area contributed by atoms with E-state index in [0.717, 1.165) is 0 Å². The number of aromatic hydroxyl groups is 1. The number of hydrogen-bond acceptors (Lipinski definition) is 6. The Bertz CT molecular complexity index is 619. The Morgan fingerprint density at radius 3 is 3.00 bits per heavy atom. The van der Waals surface area contributed by atoms with Crippen molar-refractivity contribution in [1.29, 1.82) is 0 Å². The van der Waals surface area contributed by atoms with Crippen LogP contribution in [0, 0.1) is 4.77 Å². The van der Waals surface area contributed by atoms with Crippen molar-refractivity contribution < 1.29 is 9.84 Å². The number of phenolic OH excluding ortho intramolecular Hbond substituents is 1. The fraction of sp³-hybridized carbons (Fsp3) is 0.100. The first-order valence-electron chi connectivity index (χ1n) is 5.00. The summed E-state index contributed by atoms with van der Waals surface area (Å²) in [6, 6.07) is 4.85. The number of nitrogens with one attached hydrogen (secondary N) is 3. The molecule has 2 rings (SSSR count). The van der Waals surface area contributed by atoms with Gasteiger partial charge < -0.3 is 9.84 Å². The zero-order valence-corrected chi connectivity index (χ0v) is 10.3. The molecular weight excluding hydrogens is 254 g/mol. The lowest BCUT2D eigenvalue weighted by Gasteiger charge is -2.02. The van der Waals surface area contributed by atoms with Gasteiger partial charge in [0, 0.05) is 5.56 Å². The van der Waals surface area contributed by atoms with E-state index in [4.69, 9.17) is 17.0 Å². The standard InChI is InChI=1S/C10H11N5O2S/c1-17-7-2-3-8(16)6(4-7)5-11-13-9-12-10(18)15-14-9/h2-5,16H,1H3,(H3,12,13,14,15,18)/b11-5-. The van der Waals surface area contributed by atoms with Gasteiger partial charge in [-0.25, -0.2) is 5.43 Å². The summed E-state index contributed by atoms with van der Waals surface area (Å²) >= 11 is 4.78. The van der Waals surface area contributed by atoms with E-state index in [1.54, 1.807) is 19.2 Å². The van der Waals surface area contributed by atoms with Crippen molar-refractivity contribution in [2.24, 2.45) is 5.10 Å². The highest BCUT2D eigenvalue weighted by molar-refractivity contribution is 7.71. The third-order valence-electron chi connectivity index (χ3n) is 2.11. The zero-order chi connectivity index (χ0) is 13.0. The highest BCUT2D eigenvalue weighted by atomic mass is 32.1. The van der Waals surface area contributed by atoms with Crippen LogP contribution in [0.2, 0.25) is 0 Å². The van der Waals surface area contributed by atoms with Crippen LogP contribution in [0.4, 0.5) is 5.95 Å². The second-order valence-corrected chi connectivity index (χ2v) is 3.70. The lowest BCUT2D eigenvalue weighted by Crippen LogP contribution is -1.93. The van der Waals surface area contributed by atoms with E-state index in [1.807, 2.05) is 0 Å². The normalized spacial score (nSPS) is 10.7. The largest absolute Gasteiger partial charge is 0.507 e. The number of aromatic amines is 2. The minimum Gasteiger partial charge on any atom is -0.507 e. The Hall–Kier alpha value is -2.35. The maximum absolute atomic E-state index is 9.61. The van der Waals surface area contributed by atoms with Crippen molar-refractivity contribution >= 4 is 24.4 Å². The molecule has 0 atom stereocenters. The van der Waals surface area contributed by atoms with Gasteiger partial charge in [-0.15, -0.1) is 0 Å². The number of aromatic nitrogens is 3. The SMILES string of the molecule is COc1ccc(O)c(/C=N\Nc2nc(=S)[nH][nH]2)c1. The molecule has 0 unspecified atom stereocenters. The van der Waals surface area contributed by atoms with Crippen LogP contribution >= 0.6 is 12.2 Å². The van der Waals surface area contributed by atoms with Gasteiger partial charge in [-0.05, 0) is 30.4 Å². The maximum atomic E-state index is 9.61. The zero-order valence-electron chi connectivity index (χ0n) is 9.47. The lowest BCUT2D eigenvalue weighted by molar-refractivity contribution is 0.412. The van der Waals surface area contributed by atoms with Crippen LogP contribution in [0.15, 0.2) is 23.3 Å². The average Bonchev–Trinajstić information content (AvgIpc) is 2.77. The van der Waals surface area contributed by atoms with Crippen LogP contribution in [0.3, 0.4) is 0 Å². The van der Waals surface area contributed by atoms with Gasteiger partial charge in [0.25, 0.3) is 0 Å². The Morgan fingerprint density at radius 2 is 2.33 bits per heavy atom. The number of anilines is 1. The monoisotopic (exact) mass is 265 g/mol. The number of H-pyrrole nitrogens is 2. The van der Waals surface area contributed by atoms with E-state index < -0.39 is 0 Å². The summed E-state index contributed by atoms with van der Waals surface area (Å²) in [7, 11) is 1.55. The molecule has 0 radical (unpaired) electrons. The molecule has 0 aliphatic carbocycles. The van der Waals surface area contributed by atoms with Crippen LogP contribution in [0.5, 0.6) is 11.5 Å². The number of phenols is 1. The van der Waals surface area contributed by atoms with Gasteiger partial charge in [0.05, 0.1) is 13.3 Å². The summed E-state index contributed by atoms with van der Waals surface area (Å²) in [5.41, 5.74) is 3.16. The number of hydrogen-bond donors (Lipinski definition) is 4. The van der Waals surface area contributed by atoms with Crippen molar-refractivity contribution in [3.63, 3.8) is 0 Å². The van der Waals surface area contributed by atoms with Crippen LogP contribution in [-0.4, -0.2) is 33.6 Å². The van der Waals surface area contributed by atoms with Crippen LogP contribution < -0.4 is 10.2 Å². The van der Waals surface area contributed by atoms with E-state index in [0.29, 0.717) is 22.0 Å². The Morgan fingerprint density at radius 1 is 1.50 bits per heavy atom. The fourth-order valence-corrected chi connectivity index (χ4v) is 1.39. The van der Waals surface area contributed by atoms with E-state index in [-0.39, 0.29) is 5.75 Å². The fourth-order valence-electron chi connectivity index (χ4n) is 1.25. The summed E-state index contributed by atoms with van der Waals surface area (Å²) in [6.45, 7) is 0. The molecule has 1 aromatic heterocycles. The third-order valence-corrected chi connectivity index (χ3v) is 2.30. The second-order valence-electron chi connectivity index (χ2n) is 3.31. The molecule has 1 aromatic carbocycles. The first-order chi connectivity index (χ1) is 8.69. The minimum atomic E-state index is 0.108. The quantitative estimate of drug-likeness (QED) is 0.382. The van der Waals surface area contributed by atoms with Crippen molar-refractivity contribution in [2.45, 2.75) is 0 Å². The summed E-state index contributed by atoms with van der Waals surface area (Å²) in [6.07, 6.45) is 1.45. The van der Waals surface area contributed by atoms with Crippen LogP contribution in [0.25, 0.3) is 0 Å². The smallest absolute Gasteiger partial charge is 0.238 e. The highest BCUT2D eigenvalue weighted by Crippen LogP contribution is 2.20. The number of methoxy groups -OCH3 is 1. The average molecular weight is 265 g/mol. The molecule has 2 aromatic rings. The van der Waals surface area contributed by atoms with Gasteiger partial charge in [-0.3, -0.25) is 10.2 Å². The number of benzene rings is 1. The Balaban J connectivity index is 2.11. The van der Waals surface area contributed by atoms with Crippen molar-refractivity contribution in [2.75, 3.05) is 12.5 Å². The molecule has 18 heavy (non-hydrogen) atoms. The Labute approximate surface area is 108 Å². The number of hydrazone groups is 1. The molecule has 0 aliphatic heterocycles. The van der Waals surface area contributed by atoms with E-state index in [1.165, 1.54) is 12.3 Å². The van der Waals surface area contributed by atoms with Gasteiger partial charge >= 0.3 is 0 Å². The second kappa shape index (κ2) is 5.32. The molecule has 8 heteroatoms. The topological polar surface area (TPSA) is 98.3 Å². The molecule has 1 heterocycles. The number of rotatable bonds is 4. The van der Waals surface area contributed by atoms with Gasteiger partial charge in [0.1, 0.15) is 11.5 Å². The molecule has 4 N–H and O–H groups in total. The van der Waals surface area contributed by atoms with Gasteiger partial charge in [0.2, 0.25) is 10.7 Å². The van der Waals surface area contributed by atoms with E-state index in [9.17, 15) is 5.11 Å². The molecule has 0 saturated heterocycles. The van der Waals surface area contributed by atoms with Crippen LogP contribution in [0.1, 0.15) is 5.56 Å². The summed E-state index contributed by atoms with van der Waals surface area (Å²) < 4.78 is 5.38. The van der Waals surface area contributed by atoms with E-state index >= 15 is 0 Å². The molecular formula is C10H11N5O2S. The maximum Gasteiger partial charge on any atom is 0.238 e. The molecule has 0 bridgehead atoms. The molecule has 0 saturated carbocycles. The molecule has 0 fully saturated rings. The highest BCUT2D eigenvalue weighted by Gasteiger charge is 2.00. The lowest BCUT2D eigenvalue weighted by atomic mass is 10.2. The molecule has 0 aliphatic rings. The molecule has 7 nitrogen and oxygen atoms in total. The van der Waals surface area contributed by atoms with Crippen molar-refractivity contribution in [3.8, 4) is 11.5 Å². The first-order valence-corrected chi connectivity index (χ1v) is 5.40. The molecule has 94 valence electrons. The summed E-state index contributed by atoms with van der Waals surface area (Å²) in [5, 5.41) is 18.8. The minimum absolute atomic E-state index is 0.108. The molecule has 0 spiro atoms. The predicted octanol–water partition coefficient (Wildman–Crippen LogP) is 1.63. The predicted molar refractivity (Wildman–Crippen MR) is 69.6 cm³/mol. The summed E-state index contributed by atoms with van der Waals surface area (Å²) in [5.74, 6) is 1.13. The van der Waals surface area contributed by atoms with Crippen LogP contribution in [-0.2, 0) is 0 Å². The summed E-state index contributed by atoms with van der Waals surface area (Å²) in [4.78, 5) is 3.89. The van der Waals surface area contributed by atoms with Crippen molar-refractivity contribution in [1.82, 2.24) is 15.2 Å². The third kappa shape index (κ3) is 2.86. The number of ether oxygens (including phenoxy) is 1. The molecule has 0 amide bonds.